The van der Waals surface area contributed by atoms with Gasteiger partial charge in [0.2, 0.25) is 0 Å². The Hall–Kier alpha value is -1.50. The molecule has 0 radical (unpaired) electrons. The van der Waals surface area contributed by atoms with Crippen LogP contribution >= 0.6 is 0 Å². The fourth-order valence-corrected chi connectivity index (χ4v) is 2.00. The van der Waals surface area contributed by atoms with Gasteiger partial charge >= 0.3 is 0 Å². The summed E-state index contributed by atoms with van der Waals surface area (Å²) in [6.07, 6.45) is 3.38. The zero-order chi connectivity index (χ0) is 10.8. The third-order valence-corrected chi connectivity index (χ3v) is 2.83. The van der Waals surface area contributed by atoms with Crippen molar-refractivity contribution in [2.75, 3.05) is 0 Å². The third kappa shape index (κ3) is 2.12. The SMILES string of the molecule is C=C(C)CC1=C(c2ccc(O)cc2)CC1. The van der Waals surface area contributed by atoms with Gasteiger partial charge in [-0.05, 0) is 49.5 Å². The number of hydrogen-bond donors (Lipinski definition) is 1. The molecule has 1 nitrogen and oxygen atoms in total. The lowest BCUT2D eigenvalue weighted by molar-refractivity contribution is 0.475. The normalized spacial score (nSPS) is 15.0. The van der Waals surface area contributed by atoms with Crippen molar-refractivity contribution in [1.29, 1.82) is 0 Å². The van der Waals surface area contributed by atoms with Crippen LogP contribution in [0.5, 0.6) is 5.75 Å². The van der Waals surface area contributed by atoms with E-state index in [-0.39, 0.29) is 0 Å². The molecule has 0 unspecified atom stereocenters. The standard InChI is InChI=1S/C14H16O/c1-10(2)9-12-5-8-14(12)11-3-6-13(15)7-4-11/h3-4,6-7,15H,1,5,8-9H2,2H3. The lowest BCUT2D eigenvalue weighted by Crippen LogP contribution is -2.03. The van der Waals surface area contributed by atoms with Gasteiger partial charge in [-0.15, -0.1) is 0 Å². The lowest BCUT2D eigenvalue weighted by Gasteiger charge is -2.24. The Morgan fingerprint density at radius 2 is 1.93 bits per heavy atom. The molecule has 0 spiro atoms. The van der Waals surface area contributed by atoms with E-state index in [1.54, 1.807) is 12.1 Å². The molecule has 0 saturated carbocycles. The maximum Gasteiger partial charge on any atom is 0.115 e. The van der Waals surface area contributed by atoms with Crippen LogP contribution in [-0.4, -0.2) is 5.11 Å². The predicted molar refractivity (Wildman–Crippen MR) is 63.7 cm³/mol. The number of phenolic OH excluding ortho intramolecular Hbond substituents is 1. The van der Waals surface area contributed by atoms with Gasteiger partial charge in [0.15, 0.2) is 0 Å². The second kappa shape index (κ2) is 3.93. The molecule has 0 bridgehead atoms. The van der Waals surface area contributed by atoms with Gasteiger partial charge in [-0.3, -0.25) is 0 Å². The van der Waals surface area contributed by atoms with Crippen LogP contribution in [0.15, 0.2) is 42.0 Å². The summed E-state index contributed by atoms with van der Waals surface area (Å²) >= 11 is 0. The summed E-state index contributed by atoms with van der Waals surface area (Å²) < 4.78 is 0. The van der Waals surface area contributed by atoms with Crippen molar-refractivity contribution in [3.05, 3.63) is 47.6 Å². The highest BCUT2D eigenvalue weighted by molar-refractivity contribution is 5.74. The van der Waals surface area contributed by atoms with Gasteiger partial charge in [-0.2, -0.15) is 0 Å². The molecule has 0 aliphatic heterocycles. The molecular formula is C14H16O. The van der Waals surface area contributed by atoms with Crippen molar-refractivity contribution < 1.29 is 5.11 Å². The minimum absolute atomic E-state index is 0.333. The molecule has 1 aliphatic carbocycles. The number of allylic oxidation sites excluding steroid dienone is 3. The minimum atomic E-state index is 0.333. The van der Waals surface area contributed by atoms with Crippen LogP contribution in [0.25, 0.3) is 5.57 Å². The summed E-state index contributed by atoms with van der Waals surface area (Å²) in [7, 11) is 0. The van der Waals surface area contributed by atoms with Crippen molar-refractivity contribution in [1.82, 2.24) is 0 Å². The van der Waals surface area contributed by atoms with Crippen LogP contribution in [0, 0.1) is 0 Å². The maximum atomic E-state index is 9.21. The van der Waals surface area contributed by atoms with Crippen LogP contribution in [-0.2, 0) is 0 Å². The van der Waals surface area contributed by atoms with Crippen molar-refractivity contribution >= 4 is 5.57 Å². The Morgan fingerprint density at radius 3 is 2.40 bits per heavy atom. The van der Waals surface area contributed by atoms with E-state index in [0.717, 1.165) is 12.8 Å². The Morgan fingerprint density at radius 1 is 1.27 bits per heavy atom. The summed E-state index contributed by atoms with van der Waals surface area (Å²) in [5, 5.41) is 9.21. The Balaban J connectivity index is 2.24. The van der Waals surface area contributed by atoms with Crippen LogP contribution in [0.1, 0.15) is 31.7 Å². The molecular weight excluding hydrogens is 184 g/mol. The number of phenols is 1. The van der Waals surface area contributed by atoms with E-state index >= 15 is 0 Å². The fraction of sp³-hybridized carbons (Fsp3) is 0.286. The van der Waals surface area contributed by atoms with E-state index in [9.17, 15) is 5.11 Å². The summed E-state index contributed by atoms with van der Waals surface area (Å²) in [5.74, 6) is 0.333. The molecule has 15 heavy (non-hydrogen) atoms. The zero-order valence-electron chi connectivity index (χ0n) is 9.09. The number of benzene rings is 1. The Kier molecular flexibility index (Phi) is 2.63. The highest BCUT2D eigenvalue weighted by Crippen LogP contribution is 2.39. The van der Waals surface area contributed by atoms with E-state index in [2.05, 4.69) is 13.5 Å². The first-order chi connectivity index (χ1) is 7.16. The predicted octanol–water partition coefficient (Wildman–Crippen LogP) is 3.91. The average Bonchev–Trinajstić information content (AvgIpc) is 2.16. The molecule has 0 fully saturated rings. The molecule has 1 aromatic rings. The first kappa shape index (κ1) is 10.0. The number of rotatable bonds is 3. The molecule has 0 aromatic heterocycles. The van der Waals surface area contributed by atoms with Crippen LogP contribution in [0.3, 0.4) is 0 Å². The highest BCUT2D eigenvalue weighted by atomic mass is 16.3. The van der Waals surface area contributed by atoms with Crippen molar-refractivity contribution in [3.8, 4) is 5.75 Å². The van der Waals surface area contributed by atoms with E-state index in [4.69, 9.17) is 0 Å². The first-order valence-corrected chi connectivity index (χ1v) is 5.31. The highest BCUT2D eigenvalue weighted by Gasteiger charge is 2.18. The van der Waals surface area contributed by atoms with E-state index in [1.165, 1.54) is 28.7 Å². The van der Waals surface area contributed by atoms with E-state index < -0.39 is 0 Å². The molecule has 0 atom stereocenters. The van der Waals surface area contributed by atoms with Gasteiger partial charge < -0.3 is 5.11 Å². The van der Waals surface area contributed by atoms with E-state index in [1.807, 2.05) is 12.1 Å². The van der Waals surface area contributed by atoms with Gasteiger partial charge in [0.25, 0.3) is 0 Å². The van der Waals surface area contributed by atoms with E-state index in [0.29, 0.717) is 5.75 Å². The minimum Gasteiger partial charge on any atom is -0.508 e. The molecule has 2 rings (SSSR count). The van der Waals surface area contributed by atoms with Gasteiger partial charge in [0.05, 0.1) is 0 Å². The largest absolute Gasteiger partial charge is 0.508 e. The molecule has 0 heterocycles. The first-order valence-electron chi connectivity index (χ1n) is 5.31. The van der Waals surface area contributed by atoms with Crippen molar-refractivity contribution in [3.63, 3.8) is 0 Å². The second-order valence-electron chi connectivity index (χ2n) is 4.26. The van der Waals surface area contributed by atoms with Crippen molar-refractivity contribution in [2.24, 2.45) is 0 Å². The summed E-state index contributed by atoms with van der Waals surface area (Å²) in [4.78, 5) is 0. The zero-order valence-corrected chi connectivity index (χ0v) is 9.09. The number of hydrogen-bond acceptors (Lipinski definition) is 1. The number of aromatic hydroxyl groups is 1. The molecule has 0 amide bonds. The van der Waals surface area contributed by atoms with Gasteiger partial charge in [0.1, 0.15) is 5.75 Å². The maximum absolute atomic E-state index is 9.21. The van der Waals surface area contributed by atoms with Gasteiger partial charge in [0, 0.05) is 0 Å². The lowest BCUT2D eigenvalue weighted by atomic mass is 9.81. The van der Waals surface area contributed by atoms with Crippen molar-refractivity contribution in [2.45, 2.75) is 26.2 Å². The molecule has 1 heteroatoms. The smallest absolute Gasteiger partial charge is 0.115 e. The third-order valence-electron chi connectivity index (χ3n) is 2.83. The fourth-order valence-electron chi connectivity index (χ4n) is 2.00. The quantitative estimate of drug-likeness (QED) is 0.733. The summed E-state index contributed by atoms with van der Waals surface area (Å²) in [5.41, 5.74) is 5.42. The van der Waals surface area contributed by atoms with Gasteiger partial charge in [-0.1, -0.05) is 29.9 Å². The molecule has 78 valence electrons. The summed E-state index contributed by atoms with van der Waals surface area (Å²) in [6.45, 7) is 6.01. The van der Waals surface area contributed by atoms with Crippen LogP contribution in [0.2, 0.25) is 0 Å². The van der Waals surface area contributed by atoms with Crippen LogP contribution in [0.4, 0.5) is 0 Å². The topological polar surface area (TPSA) is 20.2 Å². The molecule has 0 saturated heterocycles. The molecule has 1 N–H and O–H groups in total. The Bertz CT molecular complexity index is 409. The molecule has 1 aliphatic rings. The average molecular weight is 200 g/mol. The Labute approximate surface area is 90.8 Å². The second-order valence-corrected chi connectivity index (χ2v) is 4.26. The monoisotopic (exact) mass is 200 g/mol. The van der Waals surface area contributed by atoms with Gasteiger partial charge in [-0.25, -0.2) is 0 Å². The molecule has 1 aromatic carbocycles. The summed E-state index contributed by atoms with van der Waals surface area (Å²) in [6, 6.07) is 7.47. The van der Waals surface area contributed by atoms with Crippen LogP contribution < -0.4 is 0 Å².